The van der Waals surface area contributed by atoms with Crippen molar-refractivity contribution in [2.24, 2.45) is 17.8 Å². The molecule has 134 valence electrons. The van der Waals surface area contributed by atoms with E-state index in [1.54, 1.807) is 17.5 Å². The smallest absolute Gasteiger partial charge is 0.348 e. The van der Waals surface area contributed by atoms with Crippen molar-refractivity contribution < 1.29 is 19.1 Å². The Kier molecular flexibility index (Phi) is 4.27. The Labute approximate surface area is 150 Å². The number of carbonyl (C=O) groups excluding carboxylic acids is 3. The van der Waals surface area contributed by atoms with Crippen LogP contribution < -0.4 is 10.6 Å². The van der Waals surface area contributed by atoms with Crippen LogP contribution in [0, 0.1) is 17.8 Å². The van der Waals surface area contributed by atoms with Crippen LogP contribution in [0.15, 0.2) is 17.5 Å². The maximum absolute atomic E-state index is 12.2. The molecule has 6 nitrogen and oxygen atoms in total. The van der Waals surface area contributed by atoms with Crippen LogP contribution in [0.25, 0.3) is 0 Å². The van der Waals surface area contributed by atoms with Gasteiger partial charge in [0, 0.05) is 5.54 Å². The van der Waals surface area contributed by atoms with Crippen molar-refractivity contribution in [1.29, 1.82) is 0 Å². The molecule has 0 atom stereocenters. The molecule has 4 fully saturated rings. The van der Waals surface area contributed by atoms with E-state index in [0.717, 1.165) is 19.3 Å². The molecule has 25 heavy (non-hydrogen) atoms. The molecular formula is C18H22N2O4S. The lowest BCUT2D eigenvalue weighted by Crippen LogP contribution is -2.62. The van der Waals surface area contributed by atoms with Gasteiger partial charge in [0.05, 0.1) is 0 Å². The summed E-state index contributed by atoms with van der Waals surface area (Å²) in [4.78, 5) is 36.2. The van der Waals surface area contributed by atoms with E-state index < -0.39 is 24.5 Å². The average molecular weight is 362 g/mol. The second kappa shape index (κ2) is 6.44. The van der Waals surface area contributed by atoms with Crippen molar-refractivity contribution in [3.05, 3.63) is 22.4 Å². The summed E-state index contributed by atoms with van der Waals surface area (Å²) in [5, 5.41) is 7.11. The number of hydrogen-bond donors (Lipinski definition) is 2. The van der Waals surface area contributed by atoms with Gasteiger partial charge in [-0.15, -0.1) is 11.3 Å². The third-order valence-corrected chi connectivity index (χ3v) is 6.58. The Hall–Kier alpha value is -1.89. The first-order chi connectivity index (χ1) is 12.0. The van der Waals surface area contributed by atoms with Crippen LogP contribution in [-0.4, -0.2) is 30.1 Å². The second-order valence-corrected chi connectivity index (χ2v) is 8.70. The first-order valence-electron chi connectivity index (χ1n) is 8.84. The number of ether oxygens (including phenoxy) is 1. The van der Waals surface area contributed by atoms with Crippen molar-refractivity contribution >= 4 is 29.2 Å². The number of rotatable bonds is 4. The Balaban J connectivity index is 1.26. The topological polar surface area (TPSA) is 84.5 Å². The molecule has 0 aromatic carbocycles. The minimum Gasteiger partial charge on any atom is -0.451 e. The summed E-state index contributed by atoms with van der Waals surface area (Å²) in [6.45, 7) is -0.453. The molecule has 0 aliphatic heterocycles. The molecule has 3 amide bonds. The molecule has 7 heteroatoms. The first-order valence-corrected chi connectivity index (χ1v) is 9.72. The fourth-order valence-corrected chi connectivity index (χ4v) is 5.91. The number of amides is 3. The number of urea groups is 1. The van der Waals surface area contributed by atoms with Crippen molar-refractivity contribution in [2.45, 2.75) is 44.1 Å². The van der Waals surface area contributed by atoms with E-state index in [2.05, 4.69) is 10.6 Å². The molecular weight excluding hydrogens is 340 g/mol. The van der Waals surface area contributed by atoms with Gasteiger partial charge in [-0.1, -0.05) is 6.07 Å². The summed E-state index contributed by atoms with van der Waals surface area (Å²) in [5.41, 5.74) is -0.146. The summed E-state index contributed by atoms with van der Waals surface area (Å²) in [6, 6.07) is 2.89. The van der Waals surface area contributed by atoms with Crippen molar-refractivity contribution in [1.82, 2.24) is 10.6 Å². The first kappa shape index (κ1) is 16.6. The van der Waals surface area contributed by atoms with Crippen molar-refractivity contribution in [3.8, 4) is 0 Å². The highest BCUT2D eigenvalue weighted by molar-refractivity contribution is 7.11. The van der Waals surface area contributed by atoms with Crippen LogP contribution in [-0.2, 0) is 9.53 Å². The van der Waals surface area contributed by atoms with E-state index in [1.807, 2.05) is 0 Å². The van der Waals surface area contributed by atoms with Gasteiger partial charge in [0.15, 0.2) is 6.61 Å². The summed E-state index contributed by atoms with van der Waals surface area (Å²) in [7, 11) is 0. The Morgan fingerprint density at radius 2 is 1.76 bits per heavy atom. The molecule has 4 bridgehead atoms. The maximum Gasteiger partial charge on any atom is 0.348 e. The summed E-state index contributed by atoms with van der Waals surface area (Å²) < 4.78 is 4.92. The van der Waals surface area contributed by atoms with Crippen LogP contribution in [0.5, 0.6) is 0 Å². The third kappa shape index (κ3) is 3.56. The lowest BCUT2D eigenvalue weighted by Gasteiger charge is -2.56. The number of hydrogen-bond acceptors (Lipinski definition) is 5. The molecule has 0 spiro atoms. The largest absolute Gasteiger partial charge is 0.451 e. The van der Waals surface area contributed by atoms with E-state index >= 15 is 0 Å². The minimum atomic E-state index is -0.605. The highest BCUT2D eigenvalue weighted by Gasteiger charge is 2.51. The van der Waals surface area contributed by atoms with Crippen LogP contribution in [0.2, 0.25) is 0 Å². The summed E-state index contributed by atoms with van der Waals surface area (Å²) >= 11 is 1.25. The molecule has 4 aliphatic rings. The molecule has 1 aromatic rings. The quantitative estimate of drug-likeness (QED) is 0.807. The van der Waals surface area contributed by atoms with Gasteiger partial charge in [-0.3, -0.25) is 10.1 Å². The highest BCUT2D eigenvalue weighted by atomic mass is 32.1. The Bertz CT molecular complexity index is 650. The average Bonchev–Trinajstić information content (AvgIpc) is 3.05. The standard InChI is InChI=1S/C18H22N2O4S/c21-15(10-24-16(22)14-2-1-3-25-14)19-17(23)20-18-7-11-4-12(8-18)6-13(5-11)9-18/h1-3,11-13H,4-10H2,(H2,19,20,21,23). The zero-order valence-corrected chi connectivity index (χ0v) is 14.8. The van der Waals surface area contributed by atoms with E-state index in [1.165, 1.54) is 30.6 Å². The molecule has 2 N–H and O–H groups in total. The zero-order valence-electron chi connectivity index (χ0n) is 14.0. The lowest BCUT2D eigenvalue weighted by molar-refractivity contribution is -0.123. The molecule has 0 unspecified atom stereocenters. The number of esters is 1. The number of imide groups is 1. The Morgan fingerprint density at radius 3 is 2.32 bits per heavy atom. The molecule has 1 heterocycles. The summed E-state index contributed by atoms with van der Waals surface area (Å²) in [5.74, 6) is 0.996. The lowest BCUT2D eigenvalue weighted by atomic mass is 9.53. The van der Waals surface area contributed by atoms with Gasteiger partial charge >= 0.3 is 12.0 Å². The van der Waals surface area contributed by atoms with E-state index in [0.29, 0.717) is 22.6 Å². The van der Waals surface area contributed by atoms with Crippen molar-refractivity contribution in [2.75, 3.05) is 6.61 Å². The van der Waals surface area contributed by atoms with Gasteiger partial charge in [0.2, 0.25) is 0 Å². The fourth-order valence-electron chi connectivity index (χ4n) is 5.30. The number of carbonyl (C=O) groups is 3. The normalized spacial score (nSPS) is 32.2. The SMILES string of the molecule is O=C(COC(=O)c1cccs1)NC(=O)NC12CC3CC(CC(C3)C1)C2. The van der Waals surface area contributed by atoms with Gasteiger partial charge in [-0.2, -0.15) is 0 Å². The fraction of sp³-hybridized carbons (Fsp3) is 0.611. The zero-order chi connectivity index (χ0) is 17.4. The van der Waals surface area contributed by atoms with Crippen molar-refractivity contribution in [3.63, 3.8) is 0 Å². The number of nitrogens with one attached hydrogen (secondary N) is 2. The van der Waals surface area contributed by atoms with Crippen LogP contribution in [0.1, 0.15) is 48.2 Å². The molecule has 5 rings (SSSR count). The van der Waals surface area contributed by atoms with E-state index in [9.17, 15) is 14.4 Å². The monoisotopic (exact) mass is 362 g/mol. The van der Waals surface area contributed by atoms with Gasteiger partial charge in [-0.05, 0) is 67.7 Å². The highest BCUT2D eigenvalue weighted by Crippen LogP contribution is 2.55. The van der Waals surface area contributed by atoms with Crippen LogP contribution in [0.4, 0.5) is 4.79 Å². The predicted molar refractivity (Wildman–Crippen MR) is 92.2 cm³/mol. The molecule has 0 radical (unpaired) electrons. The molecule has 4 aliphatic carbocycles. The maximum atomic E-state index is 12.2. The van der Waals surface area contributed by atoms with Crippen LogP contribution in [0.3, 0.4) is 0 Å². The van der Waals surface area contributed by atoms with Crippen LogP contribution >= 0.6 is 11.3 Å². The summed E-state index contributed by atoms with van der Waals surface area (Å²) in [6.07, 6.45) is 6.94. The third-order valence-electron chi connectivity index (χ3n) is 5.73. The minimum absolute atomic E-state index is 0.146. The van der Waals surface area contributed by atoms with Gasteiger partial charge in [-0.25, -0.2) is 9.59 Å². The molecule has 1 aromatic heterocycles. The van der Waals surface area contributed by atoms with E-state index in [-0.39, 0.29) is 5.54 Å². The van der Waals surface area contributed by atoms with E-state index in [4.69, 9.17) is 4.74 Å². The predicted octanol–water partition coefficient (Wildman–Crippen LogP) is 2.70. The molecule has 0 saturated heterocycles. The second-order valence-electron chi connectivity index (χ2n) is 7.75. The molecule has 4 saturated carbocycles. The van der Waals surface area contributed by atoms with Gasteiger partial charge < -0.3 is 10.1 Å². The van der Waals surface area contributed by atoms with Gasteiger partial charge in [0.1, 0.15) is 4.88 Å². The Morgan fingerprint density at radius 1 is 1.12 bits per heavy atom. The van der Waals surface area contributed by atoms with Gasteiger partial charge in [0.25, 0.3) is 5.91 Å². The number of thiophene rings is 1.